The number of aliphatic hydroxyl groups excluding tert-OH is 1. The lowest BCUT2D eigenvalue weighted by atomic mass is 9.94. The van der Waals surface area contributed by atoms with Crippen LogP contribution in [0.25, 0.3) is 33.3 Å². The largest absolute Gasteiger partial charge is 0.433 e. The van der Waals surface area contributed by atoms with E-state index in [2.05, 4.69) is 9.97 Å². The lowest BCUT2D eigenvalue weighted by Crippen LogP contribution is -2.08. The maximum atomic E-state index is 13.5. The second-order valence-corrected chi connectivity index (χ2v) is 7.42. The maximum absolute atomic E-state index is 13.5. The van der Waals surface area contributed by atoms with Crippen LogP contribution in [0.1, 0.15) is 29.8 Å². The summed E-state index contributed by atoms with van der Waals surface area (Å²) in [5.74, 6) is -0.428. The number of nitrogens with zero attached hydrogens (tertiary/aromatic N) is 2. The first kappa shape index (κ1) is 20.9. The second-order valence-electron chi connectivity index (χ2n) is 7.42. The Kier molecular flexibility index (Phi) is 5.23. The van der Waals surface area contributed by atoms with Crippen molar-refractivity contribution in [3.63, 3.8) is 0 Å². The van der Waals surface area contributed by atoms with Crippen molar-refractivity contribution in [2.45, 2.75) is 26.1 Å². The summed E-state index contributed by atoms with van der Waals surface area (Å²) in [6, 6.07) is 13.5. The van der Waals surface area contributed by atoms with Gasteiger partial charge in [-0.1, -0.05) is 18.2 Å². The molecule has 0 saturated carbocycles. The van der Waals surface area contributed by atoms with Crippen molar-refractivity contribution < 1.29 is 22.7 Å². The minimum Gasteiger partial charge on any atom is -0.389 e. The first-order valence-corrected chi connectivity index (χ1v) is 9.56. The zero-order valence-electron chi connectivity index (χ0n) is 16.7. The molecule has 2 aromatic heterocycles. The van der Waals surface area contributed by atoms with E-state index in [1.807, 2.05) is 19.1 Å². The Hall–Kier alpha value is -3.32. The highest BCUT2D eigenvalue weighted by molar-refractivity contribution is 5.93. The fourth-order valence-electron chi connectivity index (χ4n) is 3.60. The van der Waals surface area contributed by atoms with Gasteiger partial charge in [0.25, 0.3) is 0 Å². The van der Waals surface area contributed by atoms with Crippen LogP contribution in [-0.4, -0.2) is 15.1 Å². The lowest BCUT2D eigenvalue weighted by molar-refractivity contribution is -0.141. The molecule has 1 atom stereocenters. The average Bonchev–Trinajstić information content (AvgIpc) is 2.72. The molecule has 0 amide bonds. The Balaban J connectivity index is 2.06. The first-order chi connectivity index (χ1) is 14.6. The van der Waals surface area contributed by atoms with E-state index in [9.17, 15) is 22.7 Å². The van der Waals surface area contributed by atoms with Gasteiger partial charge in [0.1, 0.15) is 11.5 Å². The van der Waals surface area contributed by atoms with Gasteiger partial charge in [-0.05, 0) is 66.9 Å². The third kappa shape index (κ3) is 4.14. The van der Waals surface area contributed by atoms with Crippen molar-refractivity contribution in [2.75, 3.05) is 0 Å². The topological polar surface area (TPSA) is 46.0 Å². The minimum absolute atomic E-state index is 0.239. The number of hydrogen-bond donors (Lipinski definition) is 1. The van der Waals surface area contributed by atoms with Crippen LogP contribution in [0.4, 0.5) is 17.6 Å². The summed E-state index contributed by atoms with van der Waals surface area (Å²) < 4.78 is 53.2. The third-order valence-electron chi connectivity index (χ3n) is 5.04. The van der Waals surface area contributed by atoms with Crippen molar-refractivity contribution in [2.24, 2.45) is 0 Å². The van der Waals surface area contributed by atoms with Crippen molar-refractivity contribution in [3.8, 4) is 22.4 Å². The second kappa shape index (κ2) is 7.74. The fraction of sp³-hybridized carbons (Fsp3) is 0.167. The molecule has 7 heteroatoms. The highest BCUT2D eigenvalue weighted by atomic mass is 19.4. The predicted octanol–water partition coefficient (Wildman–Crippen LogP) is 6.48. The molecule has 4 rings (SSSR count). The highest BCUT2D eigenvalue weighted by Gasteiger charge is 2.32. The average molecular weight is 426 g/mol. The molecule has 1 N–H and O–H groups in total. The Morgan fingerprint density at radius 2 is 1.65 bits per heavy atom. The van der Waals surface area contributed by atoms with E-state index in [1.165, 1.54) is 18.2 Å². The Morgan fingerprint density at radius 3 is 2.29 bits per heavy atom. The van der Waals surface area contributed by atoms with Gasteiger partial charge in [0.05, 0.1) is 17.3 Å². The van der Waals surface area contributed by atoms with E-state index in [1.54, 1.807) is 25.1 Å². The van der Waals surface area contributed by atoms with Crippen molar-refractivity contribution in [1.82, 2.24) is 9.97 Å². The van der Waals surface area contributed by atoms with E-state index < -0.39 is 23.8 Å². The molecule has 0 spiro atoms. The molecule has 4 aromatic rings. The monoisotopic (exact) mass is 426 g/mol. The van der Waals surface area contributed by atoms with E-state index in [4.69, 9.17) is 0 Å². The van der Waals surface area contributed by atoms with Crippen LogP contribution in [0.5, 0.6) is 0 Å². The highest BCUT2D eigenvalue weighted by Crippen LogP contribution is 2.37. The zero-order valence-corrected chi connectivity index (χ0v) is 16.7. The summed E-state index contributed by atoms with van der Waals surface area (Å²) in [5.41, 5.74) is 2.71. The summed E-state index contributed by atoms with van der Waals surface area (Å²) in [6.45, 7) is 3.49. The van der Waals surface area contributed by atoms with Crippen molar-refractivity contribution >= 4 is 10.9 Å². The van der Waals surface area contributed by atoms with Crippen LogP contribution in [0, 0.1) is 12.7 Å². The molecule has 0 radical (unpaired) electrons. The molecule has 0 aliphatic heterocycles. The quantitative estimate of drug-likeness (QED) is 0.381. The van der Waals surface area contributed by atoms with Crippen molar-refractivity contribution in [1.29, 1.82) is 0 Å². The lowest BCUT2D eigenvalue weighted by Gasteiger charge is -2.16. The molecule has 2 aromatic carbocycles. The van der Waals surface area contributed by atoms with E-state index in [0.29, 0.717) is 33.3 Å². The molecule has 3 nitrogen and oxygen atoms in total. The number of halogens is 4. The van der Waals surface area contributed by atoms with E-state index >= 15 is 0 Å². The molecule has 0 aliphatic carbocycles. The number of hydrogen-bond acceptors (Lipinski definition) is 3. The molecule has 0 bridgehead atoms. The Morgan fingerprint density at radius 1 is 0.935 bits per heavy atom. The minimum atomic E-state index is -4.60. The van der Waals surface area contributed by atoms with Gasteiger partial charge in [-0.25, -0.2) is 9.37 Å². The van der Waals surface area contributed by atoms with Gasteiger partial charge in [0, 0.05) is 22.7 Å². The Labute approximate surface area is 176 Å². The number of fused-ring (bicyclic) bond motifs is 1. The van der Waals surface area contributed by atoms with E-state index in [0.717, 1.165) is 17.8 Å². The number of alkyl halides is 3. The number of aliphatic hydroxyl groups is 1. The van der Waals surface area contributed by atoms with E-state index in [-0.39, 0.29) is 5.56 Å². The number of aryl methyl sites for hydroxylation is 1. The maximum Gasteiger partial charge on any atom is 0.433 e. The molecule has 0 fully saturated rings. The van der Waals surface area contributed by atoms with Crippen LogP contribution < -0.4 is 0 Å². The first-order valence-electron chi connectivity index (χ1n) is 9.56. The van der Waals surface area contributed by atoms with Crippen LogP contribution in [0.2, 0.25) is 0 Å². The summed E-state index contributed by atoms with van der Waals surface area (Å²) in [7, 11) is 0. The normalized spacial score (nSPS) is 12.9. The molecular formula is C24H18F4N2O. The van der Waals surface area contributed by atoms with Gasteiger partial charge >= 0.3 is 6.18 Å². The molecule has 158 valence electrons. The van der Waals surface area contributed by atoms with Gasteiger partial charge in [0.2, 0.25) is 0 Å². The summed E-state index contributed by atoms with van der Waals surface area (Å²) >= 11 is 0. The molecule has 31 heavy (non-hydrogen) atoms. The van der Waals surface area contributed by atoms with Gasteiger partial charge < -0.3 is 5.11 Å². The van der Waals surface area contributed by atoms with Gasteiger partial charge in [-0.2, -0.15) is 13.2 Å². The molecular weight excluding hydrogens is 408 g/mol. The van der Waals surface area contributed by atoms with Gasteiger partial charge in [-0.3, -0.25) is 4.98 Å². The number of rotatable bonds is 3. The predicted molar refractivity (Wildman–Crippen MR) is 111 cm³/mol. The summed E-state index contributed by atoms with van der Waals surface area (Å²) in [5, 5.41) is 10.9. The van der Waals surface area contributed by atoms with Crippen molar-refractivity contribution in [3.05, 3.63) is 83.4 Å². The smallest absolute Gasteiger partial charge is 0.389 e. The number of benzene rings is 2. The Bertz CT molecular complexity index is 1270. The number of pyridine rings is 2. The summed E-state index contributed by atoms with van der Waals surface area (Å²) in [6.07, 6.45) is -4.27. The molecule has 2 heterocycles. The molecule has 0 aliphatic rings. The van der Waals surface area contributed by atoms with Crippen LogP contribution >= 0.6 is 0 Å². The van der Waals surface area contributed by atoms with Crippen LogP contribution in [0.3, 0.4) is 0 Å². The zero-order chi connectivity index (χ0) is 22.3. The van der Waals surface area contributed by atoms with Crippen LogP contribution in [0.15, 0.2) is 60.8 Å². The van der Waals surface area contributed by atoms with Gasteiger partial charge in [0.15, 0.2) is 0 Å². The number of aromatic nitrogens is 2. The standard InChI is InChI=1S/C24H18F4N2O/c1-13-9-18(14(2)31)20-12-19(15-3-5-17(25)6-4-15)23(30-21(20)10-13)16-7-8-29-22(11-16)24(26,27)28/h3-12,14,31H,1-2H3. The molecule has 1 unspecified atom stereocenters. The third-order valence-corrected chi connectivity index (χ3v) is 5.04. The van der Waals surface area contributed by atoms with Crippen LogP contribution in [-0.2, 0) is 6.18 Å². The molecule has 0 saturated heterocycles. The summed E-state index contributed by atoms with van der Waals surface area (Å²) in [4.78, 5) is 8.10. The fourth-order valence-corrected chi connectivity index (χ4v) is 3.60. The van der Waals surface area contributed by atoms with Gasteiger partial charge in [-0.15, -0.1) is 0 Å². The SMILES string of the molecule is Cc1cc(C(C)O)c2cc(-c3ccc(F)cc3)c(-c3ccnc(C(F)(F)F)c3)nc2c1.